The molecular formula is C13H21N3O. The summed E-state index contributed by atoms with van der Waals surface area (Å²) in [6, 6.07) is 2.51. The number of aryl methyl sites for hydroxylation is 1. The Balaban J connectivity index is 2.33. The lowest BCUT2D eigenvalue weighted by Gasteiger charge is -2.39. The van der Waals surface area contributed by atoms with Crippen molar-refractivity contribution < 1.29 is 4.74 Å². The van der Waals surface area contributed by atoms with Gasteiger partial charge in [0.15, 0.2) is 0 Å². The quantitative estimate of drug-likeness (QED) is 0.843. The second-order valence-corrected chi connectivity index (χ2v) is 4.80. The van der Waals surface area contributed by atoms with E-state index in [1.807, 2.05) is 13.1 Å². The smallest absolute Gasteiger partial charge is 0.0723 e. The molecule has 2 heterocycles. The third-order valence-corrected chi connectivity index (χ3v) is 3.24. The average molecular weight is 235 g/mol. The first-order valence-electron chi connectivity index (χ1n) is 6.15. The van der Waals surface area contributed by atoms with Gasteiger partial charge in [0.25, 0.3) is 0 Å². The van der Waals surface area contributed by atoms with E-state index < -0.39 is 0 Å². The van der Waals surface area contributed by atoms with Crippen LogP contribution in [0.15, 0.2) is 12.3 Å². The summed E-state index contributed by atoms with van der Waals surface area (Å²) in [4.78, 5) is 6.69. The van der Waals surface area contributed by atoms with Crippen molar-refractivity contribution >= 4 is 5.69 Å². The van der Waals surface area contributed by atoms with Crippen molar-refractivity contribution in [1.82, 2.24) is 4.98 Å². The van der Waals surface area contributed by atoms with Gasteiger partial charge in [-0.2, -0.15) is 0 Å². The number of nitrogens with zero attached hydrogens (tertiary/aromatic N) is 2. The van der Waals surface area contributed by atoms with E-state index >= 15 is 0 Å². The van der Waals surface area contributed by atoms with E-state index in [4.69, 9.17) is 10.5 Å². The predicted octanol–water partition coefficient (Wildman–Crippen LogP) is 1.46. The van der Waals surface area contributed by atoms with E-state index in [0.717, 1.165) is 24.4 Å². The van der Waals surface area contributed by atoms with E-state index in [2.05, 4.69) is 29.8 Å². The summed E-state index contributed by atoms with van der Waals surface area (Å²) < 4.78 is 5.66. The zero-order chi connectivity index (χ0) is 12.4. The fourth-order valence-corrected chi connectivity index (χ4v) is 2.24. The van der Waals surface area contributed by atoms with Crippen LogP contribution in [0, 0.1) is 6.92 Å². The Morgan fingerprint density at radius 2 is 2.29 bits per heavy atom. The van der Waals surface area contributed by atoms with Gasteiger partial charge in [0.1, 0.15) is 0 Å². The Bertz CT molecular complexity index is 394. The Morgan fingerprint density at radius 1 is 1.53 bits per heavy atom. The van der Waals surface area contributed by atoms with Crippen LogP contribution in [0.4, 0.5) is 5.69 Å². The zero-order valence-electron chi connectivity index (χ0n) is 10.8. The maximum Gasteiger partial charge on any atom is 0.0723 e. The van der Waals surface area contributed by atoms with E-state index in [9.17, 15) is 0 Å². The van der Waals surface area contributed by atoms with Gasteiger partial charge < -0.3 is 15.4 Å². The molecular weight excluding hydrogens is 214 g/mol. The van der Waals surface area contributed by atoms with Gasteiger partial charge in [-0.25, -0.2) is 0 Å². The minimum absolute atomic E-state index is 0.269. The molecule has 4 nitrogen and oxygen atoms in total. The molecule has 0 amide bonds. The first kappa shape index (κ1) is 12.3. The molecule has 1 aromatic rings. The number of morpholine rings is 1. The molecule has 2 atom stereocenters. The standard InChI is InChI=1S/C13H21N3O/c1-9-4-13(12(5-14)6-15-9)16-7-11(3)17-8-10(16)2/h4,6,10-11H,5,7-8,14H2,1-3H3. The van der Waals surface area contributed by atoms with Crippen LogP contribution in [0.3, 0.4) is 0 Å². The first-order valence-corrected chi connectivity index (χ1v) is 6.15. The highest BCUT2D eigenvalue weighted by molar-refractivity contribution is 5.54. The zero-order valence-corrected chi connectivity index (χ0v) is 10.8. The van der Waals surface area contributed by atoms with Gasteiger partial charge in [0.2, 0.25) is 0 Å². The first-order chi connectivity index (χ1) is 8.11. The van der Waals surface area contributed by atoms with Crippen LogP contribution in [-0.2, 0) is 11.3 Å². The number of anilines is 1. The van der Waals surface area contributed by atoms with Gasteiger partial charge in [-0.3, -0.25) is 4.98 Å². The topological polar surface area (TPSA) is 51.4 Å². The lowest BCUT2D eigenvalue weighted by atomic mass is 10.1. The van der Waals surface area contributed by atoms with E-state index in [-0.39, 0.29) is 6.10 Å². The maximum atomic E-state index is 5.79. The molecule has 1 aromatic heterocycles. The number of ether oxygens (including phenoxy) is 1. The summed E-state index contributed by atoms with van der Waals surface area (Å²) in [6.07, 6.45) is 2.16. The molecule has 2 rings (SSSR count). The van der Waals surface area contributed by atoms with Crippen molar-refractivity contribution in [3.8, 4) is 0 Å². The van der Waals surface area contributed by atoms with Crippen LogP contribution in [0.1, 0.15) is 25.1 Å². The number of aromatic nitrogens is 1. The van der Waals surface area contributed by atoms with Crippen molar-refractivity contribution in [2.75, 3.05) is 18.1 Å². The normalized spacial score (nSPS) is 25.1. The molecule has 1 fully saturated rings. The lowest BCUT2D eigenvalue weighted by Crippen LogP contribution is -2.47. The number of hydrogen-bond donors (Lipinski definition) is 1. The van der Waals surface area contributed by atoms with Crippen LogP contribution >= 0.6 is 0 Å². The minimum Gasteiger partial charge on any atom is -0.375 e. The molecule has 1 aliphatic rings. The summed E-state index contributed by atoms with van der Waals surface area (Å²) in [6.45, 7) is 8.51. The number of pyridine rings is 1. The Hall–Kier alpha value is -1.13. The van der Waals surface area contributed by atoms with Crippen molar-refractivity contribution in [2.24, 2.45) is 5.73 Å². The minimum atomic E-state index is 0.269. The number of hydrogen-bond acceptors (Lipinski definition) is 4. The highest BCUT2D eigenvalue weighted by Gasteiger charge is 2.25. The monoisotopic (exact) mass is 235 g/mol. The van der Waals surface area contributed by atoms with Gasteiger partial charge in [-0.1, -0.05) is 0 Å². The van der Waals surface area contributed by atoms with Crippen molar-refractivity contribution in [3.63, 3.8) is 0 Å². The van der Waals surface area contributed by atoms with E-state index in [1.165, 1.54) is 5.69 Å². The number of rotatable bonds is 2. The van der Waals surface area contributed by atoms with Crippen molar-refractivity contribution in [1.29, 1.82) is 0 Å². The van der Waals surface area contributed by atoms with Gasteiger partial charge in [0, 0.05) is 42.3 Å². The average Bonchev–Trinajstić information content (AvgIpc) is 2.32. The largest absolute Gasteiger partial charge is 0.375 e. The van der Waals surface area contributed by atoms with Crippen molar-refractivity contribution in [3.05, 3.63) is 23.5 Å². The maximum absolute atomic E-state index is 5.79. The molecule has 4 heteroatoms. The number of nitrogens with two attached hydrogens (primary N) is 1. The van der Waals surface area contributed by atoms with Crippen molar-refractivity contribution in [2.45, 2.75) is 39.5 Å². The molecule has 0 aliphatic carbocycles. The molecule has 0 bridgehead atoms. The SMILES string of the molecule is Cc1cc(N2CC(C)OCC2C)c(CN)cn1. The van der Waals surface area contributed by atoms with Gasteiger partial charge >= 0.3 is 0 Å². The molecule has 2 N–H and O–H groups in total. The molecule has 0 spiro atoms. The van der Waals surface area contributed by atoms with Crippen LogP contribution in [0.2, 0.25) is 0 Å². The third-order valence-electron chi connectivity index (χ3n) is 3.24. The molecule has 94 valence electrons. The summed E-state index contributed by atoms with van der Waals surface area (Å²) in [5.41, 5.74) is 9.14. The highest BCUT2D eigenvalue weighted by Crippen LogP contribution is 2.25. The second-order valence-electron chi connectivity index (χ2n) is 4.80. The third kappa shape index (κ3) is 2.58. The molecule has 2 unspecified atom stereocenters. The molecule has 1 saturated heterocycles. The molecule has 0 radical (unpaired) electrons. The van der Waals surface area contributed by atoms with Gasteiger partial charge in [0.05, 0.1) is 12.7 Å². The lowest BCUT2D eigenvalue weighted by molar-refractivity contribution is 0.0343. The van der Waals surface area contributed by atoms with Gasteiger partial charge in [-0.05, 0) is 26.8 Å². The van der Waals surface area contributed by atoms with Gasteiger partial charge in [-0.15, -0.1) is 0 Å². The van der Waals surface area contributed by atoms with E-state index in [0.29, 0.717) is 12.6 Å². The Kier molecular flexibility index (Phi) is 3.64. The van der Waals surface area contributed by atoms with Crippen LogP contribution in [-0.4, -0.2) is 30.3 Å². The summed E-state index contributed by atoms with van der Waals surface area (Å²) in [7, 11) is 0. The second kappa shape index (κ2) is 5.02. The summed E-state index contributed by atoms with van der Waals surface area (Å²) >= 11 is 0. The molecule has 0 aromatic carbocycles. The van der Waals surface area contributed by atoms with Crippen LogP contribution in [0.25, 0.3) is 0 Å². The Labute approximate surface area is 103 Å². The summed E-state index contributed by atoms with van der Waals surface area (Å²) in [5, 5.41) is 0. The molecule has 0 saturated carbocycles. The highest BCUT2D eigenvalue weighted by atomic mass is 16.5. The fourth-order valence-electron chi connectivity index (χ4n) is 2.24. The predicted molar refractivity (Wildman–Crippen MR) is 69.1 cm³/mol. The van der Waals surface area contributed by atoms with Crippen LogP contribution < -0.4 is 10.6 Å². The summed E-state index contributed by atoms with van der Waals surface area (Å²) in [5.74, 6) is 0. The molecule has 17 heavy (non-hydrogen) atoms. The molecule has 1 aliphatic heterocycles. The fraction of sp³-hybridized carbons (Fsp3) is 0.615. The van der Waals surface area contributed by atoms with E-state index in [1.54, 1.807) is 0 Å². The van der Waals surface area contributed by atoms with Crippen LogP contribution in [0.5, 0.6) is 0 Å². The Morgan fingerprint density at radius 3 is 3.00 bits per heavy atom.